The molecule has 3 rings (SSSR count). The second-order valence-corrected chi connectivity index (χ2v) is 7.37. The monoisotopic (exact) mass is 341 g/mol. The van der Waals surface area contributed by atoms with E-state index in [9.17, 15) is 21.6 Å². The van der Waals surface area contributed by atoms with Gasteiger partial charge in [0.15, 0.2) is 11.6 Å². The highest BCUT2D eigenvalue weighted by atomic mass is 32.2. The van der Waals surface area contributed by atoms with E-state index in [2.05, 4.69) is 0 Å². The van der Waals surface area contributed by atoms with Crippen LogP contribution in [0.2, 0.25) is 0 Å². The summed E-state index contributed by atoms with van der Waals surface area (Å²) < 4.78 is 66.0. The Morgan fingerprint density at radius 2 is 1.61 bits per heavy atom. The normalized spacial score (nSPS) is 15.1. The van der Waals surface area contributed by atoms with Gasteiger partial charge in [-0.05, 0) is 48.7 Å². The molecule has 3 nitrogen and oxygen atoms in total. The third-order valence-electron chi connectivity index (χ3n) is 3.70. The maximum absolute atomic E-state index is 13.4. The Morgan fingerprint density at radius 3 is 2.17 bits per heavy atom. The lowest BCUT2D eigenvalue weighted by atomic mass is 10.2. The third-order valence-corrected chi connectivity index (χ3v) is 5.60. The second kappa shape index (κ2) is 5.98. The van der Waals surface area contributed by atoms with Crippen molar-refractivity contribution in [3.8, 4) is 0 Å². The van der Waals surface area contributed by atoms with Crippen molar-refractivity contribution in [1.29, 1.82) is 0 Å². The van der Waals surface area contributed by atoms with Gasteiger partial charge in [0, 0.05) is 12.6 Å². The summed E-state index contributed by atoms with van der Waals surface area (Å²) in [5.41, 5.74) is 0.629. The molecule has 0 unspecified atom stereocenters. The lowest BCUT2D eigenvalue weighted by Gasteiger charge is -2.22. The van der Waals surface area contributed by atoms with Crippen molar-refractivity contribution in [2.75, 3.05) is 0 Å². The van der Waals surface area contributed by atoms with E-state index in [1.807, 2.05) is 0 Å². The molecule has 0 spiro atoms. The van der Waals surface area contributed by atoms with Gasteiger partial charge >= 0.3 is 0 Å². The molecule has 1 saturated carbocycles. The Bertz CT molecular complexity index is 818. The van der Waals surface area contributed by atoms with E-state index in [1.165, 1.54) is 28.6 Å². The van der Waals surface area contributed by atoms with Gasteiger partial charge in [0.25, 0.3) is 0 Å². The Labute approximate surface area is 132 Å². The fourth-order valence-corrected chi connectivity index (χ4v) is 4.00. The quantitative estimate of drug-likeness (QED) is 0.835. The summed E-state index contributed by atoms with van der Waals surface area (Å²) in [5.74, 6) is -2.71. The van der Waals surface area contributed by atoms with Crippen molar-refractivity contribution in [3.05, 3.63) is 65.5 Å². The van der Waals surface area contributed by atoms with Crippen LogP contribution in [-0.4, -0.2) is 18.8 Å². The molecule has 7 heteroatoms. The van der Waals surface area contributed by atoms with Gasteiger partial charge in [-0.3, -0.25) is 0 Å². The molecule has 0 heterocycles. The maximum atomic E-state index is 13.4. The molecule has 0 N–H and O–H groups in total. The molecule has 1 aliphatic carbocycles. The summed E-state index contributed by atoms with van der Waals surface area (Å²) >= 11 is 0. The van der Waals surface area contributed by atoms with Crippen molar-refractivity contribution >= 4 is 10.0 Å². The van der Waals surface area contributed by atoms with Crippen LogP contribution in [0.3, 0.4) is 0 Å². The number of sulfonamides is 1. The molecule has 1 fully saturated rings. The maximum Gasteiger partial charge on any atom is 0.243 e. The Balaban J connectivity index is 1.93. The first kappa shape index (κ1) is 16.0. The molecule has 0 aromatic heterocycles. The first-order chi connectivity index (χ1) is 10.9. The minimum Gasteiger partial charge on any atom is -0.207 e. The van der Waals surface area contributed by atoms with Crippen molar-refractivity contribution in [1.82, 2.24) is 4.31 Å². The fraction of sp³-hybridized carbons (Fsp3) is 0.250. The number of hydrogen-bond donors (Lipinski definition) is 0. The number of nitrogens with zero attached hydrogens (tertiary/aromatic N) is 1. The van der Waals surface area contributed by atoms with Crippen LogP contribution in [0.4, 0.5) is 13.2 Å². The third kappa shape index (κ3) is 3.40. The van der Waals surface area contributed by atoms with Crippen molar-refractivity contribution in [2.24, 2.45) is 0 Å². The molecule has 2 aromatic rings. The molecule has 2 aromatic carbocycles. The molecule has 1 aliphatic rings. The number of halogens is 3. The number of rotatable bonds is 5. The SMILES string of the molecule is O=S(=O)(c1ccc(F)c(F)c1)N(Cc1ccc(F)cc1)C1CC1. The molecule has 0 atom stereocenters. The second-order valence-electron chi connectivity index (χ2n) is 5.48. The fourth-order valence-electron chi connectivity index (χ4n) is 2.32. The lowest BCUT2D eigenvalue weighted by Crippen LogP contribution is -2.32. The van der Waals surface area contributed by atoms with E-state index in [0.29, 0.717) is 24.5 Å². The van der Waals surface area contributed by atoms with Gasteiger partial charge in [-0.15, -0.1) is 0 Å². The van der Waals surface area contributed by atoms with Gasteiger partial charge in [0.05, 0.1) is 4.90 Å². The summed E-state index contributed by atoms with van der Waals surface area (Å²) in [5, 5.41) is 0. The van der Waals surface area contributed by atoms with E-state index in [1.54, 1.807) is 0 Å². The summed E-state index contributed by atoms with van der Waals surface area (Å²) in [4.78, 5) is -0.287. The number of hydrogen-bond acceptors (Lipinski definition) is 2. The van der Waals surface area contributed by atoms with E-state index in [-0.39, 0.29) is 17.5 Å². The highest BCUT2D eigenvalue weighted by Crippen LogP contribution is 2.33. The molecular weight excluding hydrogens is 327 g/mol. The largest absolute Gasteiger partial charge is 0.243 e. The summed E-state index contributed by atoms with van der Waals surface area (Å²) in [6.45, 7) is 0.0618. The summed E-state index contributed by atoms with van der Waals surface area (Å²) in [7, 11) is -3.95. The standard InChI is InChI=1S/C16H14F3NO2S/c17-12-3-1-11(2-4-12)10-20(13-5-6-13)23(21,22)14-7-8-15(18)16(19)9-14/h1-4,7-9,13H,5-6,10H2. The zero-order valence-electron chi connectivity index (χ0n) is 12.0. The summed E-state index contributed by atoms with van der Waals surface area (Å²) in [6.07, 6.45) is 1.42. The van der Waals surface area contributed by atoms with Gasteiger partial charge in [-0.25, -0.2) is 21.6 Å². The predicted molar refractivity (Wildman–Crippen MR) is 78.5 cm³/mol. The van der Waals surface area contributed by atoms with Gasteiger partial charge < -0.3 is 0 Å². The van der Waals surface area contributed by atoms with Crippen LogP contribution in [0.15, 0.2) is 47.4 Å². The number of benzene rings is 2. The van der Waals surface area contributed by atoms with Crippen LogP contribution < -0.4 is 0 Å². The van der Waals surface area contributed by atoms with Crippen molar-refractivity contribution in [3.63, 3.8) is 0 Å². The van der Waals surface area contributed by atoms with E-state index < -0.39 is 27.5 Å². The highest BCUT2D eigenvalue weighted by Gasteiger charge is 2.38. The van der Waals surface area contributed by atoms with Crippen LogP contribution >= 0.6 is 0 Å². The Morgan fingerprint density at radius 1 is 0.957 bits per heavy atom. The summed E-state index contributed by atoms with van der Waals surface area (Å²) in [6, 6.07) is 7.88. The molecular formula is C16H14F3NO2S. The van der Waals surface area contributed by atoms with Crippen molar-refractivity contribution < 1.29 is 21.6 Å². The predicted octanol–water partition coefficient (Wildman–Crippen LogP) is 3.46. The average Bonchev–Trinajstić information content (AvgIpc) is 3.33. The minimum atomic E-state index is -3.95. The lowest BCUT2D eigenvalue weighted by molar-refractivity contribution is 0.397. The highest BCUT2D eigenvalue weighted by molar-refractivity contribution is 7.89. The van der Waals surface area contributed by atoms with Crippen LogP contribution in [0.5, 0.6) is 0 Å². The van der Waals surface area contributed by atoms with Crippen LogP contribution in [0.1, 0.15) is 18.4 Å². The smallest absolute Gasteiger partial charge is 0.207 e. The van der Waals surface area contributed by atoms with Crippen LogP contribution in [0, 0.1) is 17.5 Å². The average molecular weight is 341 g/mol. The topological polar surface area (TPSA) is 37.4 Å². The zero-order chi connectivity index (χ0) is 16.6. The molecule has 0 bridgehead atoms. The van der Waals surface area contributed by atoms with Crippen molar-refractivity contribution in [2.45, 2.75) is 30.3 Å². The first-order valence-electron chi connectivity index (χ1n) is 7.09. The van der Waals surface area contributed by atoms with E-state index in [4.69, 9.17) is 0 Å². The first-order valence-corrected chi connectivity index (χ1v) is 8.53. The van der Waals surface area contributed by atoms with Crippen LogP contribution in [-0.2, 0) is 16.6 Å². The minimum absolute atomic E-state index is 0.0618. The van der Waals surface area contributed by atoms with Gasteiger partial charge in [-0.1, -0.05) is 12.1 Å². The van der Waals surface area contributed by atoms with Crippen LogP contribution in [0.25, 0.3) is 0 Å². The molecule has 0 saturated heterocycles. The van der Waals surface area contributed by atoms with E-state index >= 15 is 0 Å². The molecule has 23 heavy (non-hydrogen) atoms. The molecule has 0 radical (unpaired) electrons. The van der Waals surface area contributed by atoms with Gasteiger partial charge in [0.2, 0.25) is 10.0 Å². The van der Waals surface area contributed by atoms with Gasteiger partial charge in [-0.2, -0.15) is 4.31 Å². The zero-order valence-corrected chi connectivity index (χ0v) is 12.9. The van der Waals surface area contributed by atoms with E-state index in [0.717, 1.165) is 12.1 Å². The Hall–Kier alpha value is -1.86. The molecule has 0 aliphatic heterocycles. The Kier molecular flexibility index (Phi) is 4.16. The molecule has 0 amide bonds. The van der Waals surface area contributed by atoms with Gasteiger partial charge in [0.1, 0.15) is 5.82 Å². The molecule has 122 valence electrons.